The molecule has 1 N–H and O–H groups in total. The number of benzene rings is 1. The van der Waals surface area contributed by atoms with Crippen molar-refractivity contribution in [3.63, 3.8) is 0 Å². The molecule has 2 atom stereocenters. The largest absolute Gasteiger partial charge is 0.479 e. The van der Waals surface area contributed by atoms with Gasteiger partial charge in [0.2, 0.25) is 0 Å². The molecule has 3 nitrogen and oxygen atoms in total. The second-order valence-corrected chi connectivity index (χ2v) is 4.03. The molecule has 0 aliphatic heterocycles. The van der Waals surface area contributed by atoms with Crippen molar-refractivity contribution < 1.29 is 4.74 Å². The normalized spacial score (nSPS) is 13.1. The first-order valence-electron chi connectivity index (χ1n) is 6.03. The van der Waals surface area contributed by atoms with Crippen LogP contribution in [0, 0.1) is 23.7 Å². The van der Waals surface area contributed by atoms with E-state index < -0.39 is 0 Å². The molecule has 2 unspecified atom stereocenters. The number of terminal acetylenes is 1. The lowest BCUT2D eigenvalue weighted by Gasteiger charge is -2.18. The van der Waals surface area contributed by atoms with E-state index in [-0.39, 0.29) is 18.7 Å². The Hall–Kier alpha value is -1.97. The average Bonchev–Trinajstić information content (AvgIpc) is 2.42. The summed E-state index contributed by atoms with van der Waals surface area (Å²) >= 11 is 0. The monoisotopic (exact) mass is 242 g/mol. The van der Waals surface area contributed by atoms with E-state index in [4.69, 9.17) is 16.4 Å². The van der Waals surface area contributed by atoms with Crippen LogP contribution in [-0.2, 0) is 0 Å². The zero-order chi connectivity index (χ0) is 13.4. The van der Waals surface area contributed by atoms with Crippen LogP contribution in [0.25, 0.3) is 0 Å². The molecule has 0 fully saturated rings. The van der Waals surface area contributed by atoms with Gasteiger partial charge < -0.3 is 4.74 Å². The van der Waals surface area contributed by atoms with Gasteiger partial charge in [0.15, 0.2) is 6.61 Å². The molecule has 1 aromatic carbocycles. The third-order valence-electron chi connectivity index (χ3n) is 2.74. The summed E-state index contributed by atoms with van der Waals surface area (Å²) in [5.41, 5.74) is 1.15. The number of ether oxygens (including phenoxy) is 1. The van der Waals surface area contributed by atoms with Crippen molar-refractivity contribution >= 4 is 0 Å². The van der Waals surface area contributed by atoms with Gasteiger partial charge in [-0.2, -0.15) is 5.26 Å². The number of nitriles is 1. The predicted octanol–water partition coefficient (Wildman–Crippen LogP) is 2.65. The Balaban J connectivity index is 2.62. The van der Waals surface area contributed by atoms with Crippen molar-refractivity contribution in [2.45, 2.75) is 32.4 Å². The van der Waals surface area contributed by atoms with Gasteiger partial charge >= 0.3 is 0 Å². The van der Waals surface area contributed by atoms with Gasteiger partial charge in [-0.1, -0.05) is 25.0 Å². The predicted molar refractivity (Wildman–Crippen MR) is 72.0 cm³/mol. The van der Waals surface area contributed by atoms with Crippen molar-refractivity contribution in [3.8, 4) is 24.2 Å². The Kier molecular flexibility index (Phi) is 5.77. The van der Waals surface area contributed by atoms with Crippen LogP contribution in [0.4, 0.5) is 0 Å². The average molecular weight is 242 g/mol. The zero-order valence-electron chi connectivity index (χ0n) is 10.8. The number of hydrogen-bond donors (Lipinski definition) is 1. The first-order chi connectivity index (χ1) is 8.71. The van der Waals surface area contributed by atoms with Crippen LogP contribution < -0.4 is 10.1 Å². The maximum atomic E-state index is 8.42. The van der Waals surface area contributed by atoms with Gasteiger partial charge in [-0.15, -0.1) is 6.42 Å². The van der Waals surface area contributed by atoms with Crippen molar-refractivity contribution in [1.82, 2.24) is 5.32 Å². The van der Waals surface area contributed by atoms with E-state index in [1.807, 2.05) is 30.3 Å². The summed E-state index contributed by atoms with van der Waals surface area (Å²) in [7, 11) is 0. The number of hydrogen-bond acceptors (Lipinski definition) is 3. The van der Waals surface area contributed by atoms with Crippen molar-refractivity contribution in [1.29, 1.82) is 5.26 Å². The fraction of sp³-hybridized carbons (Fsp3) is 0.400. The second-order valence-electron chi connectivity index (χ2n) is 4.03. The Morgan fingerprint density at radius 2 is 2.06 bits per heavy atom. The highest BCUT2D eigenvalue weighted by atomic mass is 16.5. The summed E-state index contributed by atoms with van der Waals surface area (Å²) in [5.74, 6) is 3.42. The topological polar surface area (TPSA) is 45.0 Å². The molecule has 0 bridgehead atoms. The SMILES string of the molecule is C#CC(CC)NC(C)c1ccc(OCC#N)cc1. The molecular formula is C15H18N2O. The molecule has 0 heterocycles. The minimum Gasteiger partial charge on any atom is -0.479 e. The zero-order valence-corrected chi connectivity index (χ0v) is 10.8. The van der Waals surface area contributed by atoms with Gasteiger partial charge in [0.1, 0.15) is 11.8 Å². The van der Waals surface area contributed by atoms with E-state index in [9.17, 15) is 0 Å². The summed E-state index contributed by atoms with van der Waals surface area (Å²) in [5, 5.41) is 11.8. The molecule has 0 saturated heterocycles. The highest BCUT2D eigenvalue weighted by Crippen LogP contribution is 2.18. The second kappa shape index (κ2) is 7.37. The van der Waals surface area contributed by atoms with Crippen LogP contribution in [0.15, 0.2) is 24.3 Å². The summed E-state index contributed by atoms with van der Waals surface area (Å²) < 4.78 is 5.20. The lowest BCUT2D eigenvalue weighted by atomic mass is 10.1. The van der Waals surface area contributed by atoms with E-state index in [0.717, 1.165) is 12.0 Å². The minimum atomic E-state index is 0.0716. The van der Waals surface area contributed by atoms with Crippen molar-refractivity contribution in [2.24, 2.45) is 0 Å². The van der Waals surface area contributed by atoms with Crippen LogP contribution in [0.3, 0.4) is 0 Å². The van der Waals surface area contributed by atoms with Gasteiger partial charge in [0.25, 0.3) is 0 Å². The molecule has 1 aromatic rings. The maximum Gasteiger partial charge on any atom is 0.174 e. The molecular weight excluding hydrogens is 224 g/mol. The summed E-state index contributed by atoms with van der Waals surface area (Å²) in [6, 6.07) is 9.91. The first-order valence-corrected chi connectivity index (χ1v) is 6.03. The molecule has 0 spiro atoms. The molecule has 1 rings (SSSR count). The van der Waals surface area contributed by atoms with E-state index in [1.165, 1.54) is 0 Å². The quantitative estimate of drug-likeness (QED) is 0.780. The molecule has 0 aliphatic carbocycles. The van der Waals surface area contributed by atoms with Gasteiger partial charge in [0.05, 0.1) is 6.04 Å². The first kappa shape index (κ1) is 14.1. The molecule has 0 amide bonds. The lowest BCUT2D eigenvalue weighted by Crippen LogP contribution is -2.29. The van der Waals surface area contributed by atoms with Crippen LogP contribution >= 0.6 is 0 Å². The third kappa shape index (κ3) is 4.13. The van der Waals surface area contributed by atoms with Crippen molar-refractivity contribution in [3.05, 3.63) is 29.8 Å². The van der Waals surface area contributed by atoms with Gasteiger partial charge in [-0.25, -0.2) is 0 Å². The molecule has 94 valence electrons. The van der Waals surface area contributed by atoms with E-state index >= 15 is 0 Å². The smallest absolute Gasteiger partial charge is 0.174 e. The van der Waals surface area contributed by atoms with Crippen LogP contribution in [0.5, 0.6) is 5.75 Å². The highest BCUT2D eigenvalue weighted by Gasteiger charge is 2.09. The van der Waals surface area contributed by atoms with Crippen LogP contribution in [0.2, 0.25) is 0 Å². The molecule has 0 aliphatic rings. The Labute approximate surface area is 109 Å². The van der Waals surface area contributed by atoms with Gasteiger partial charge in [0, 0.05) is 6.04 Å². The molecule has 0 radical (unpaired) electrons. The van der Waals surface area contributed by atoms with E-state index in [1.54, 1.807) is 0 Å². The Morgan fingerprint density at radius 1 is 1.39 bits per heavy atom. The Morgan fingerprint density at radius 3 is 2.56 bits per heavy atom. The molecule has 18 heavy (non-hydrogen) atoms. The van der Waals surface area contributed by atoms with Crippen molar-refractivity contribution in [2.75, 3.05) is 6.61 Å². The fourth-order valence-electron chi connectivity index (χ4n) is 1.65. The lowest BCUT2D eigenvalue weighted by molar-refractivity contribution is 0.368. The van der Waals surface area contributed by atoms with Crippen LogP contribution in [-0.4, -0.2) is 12.6 Å². The summed E-state index contributed by atoms with van der Waals surface area (Å²) in [6.07, 6.45) is 6.33. The van der Waals surface area contributed by atoms with E-state index in [0.29, 0.717) is 5.75 Å². The maximum absolute atomic E-state index is 8.42. The Bertz CT molecular complexity index is 439. The molecule has 3 heteroatoms. The fourth-order valence-corrected chi connectivity index (χ4v) is 1.65. The van der Waals surface area contributed by atoms with Crippen LogP contribution in [0.1, 0.15) is 31.9 Å². The van der Waals surface area contributed by atoms with Gasteiger partial charge in [-0.3, -0.25) is 5.32 Å². The summed E-state index contributed by atoms with van der Waals surface area (Å²) in [6.45, 7) is 4.20. The number of rotatable bonds is 6. The van der Waals surface area contributed by atoms with E-state index in [2.05, 4.69) is 25.1 Å². The van der Waals surface area contributed by atoms with Gasteiger partial charge in [-0.05, 0) is 31.0 Å². The number of nitrogens with one attached hydrogen (secondary N) is 1. The number of nitrogens with zero attached hydrogens (tertiary/aromatic N) is 1. The molecule has 0 aromatic heterocycles. The third-order valence-corrected chi connectivity index (χ3v) is 2.74. The highest BCUT2D eigenvalue weighted by molar-refractivity contribution is 5.29. The standard InChI is InChI=1S/C15H18N2O/c1-4-14(5-2)17-12(3)13-6-8-15(9-7-13)18-11-10-16/h1,6-9,12,14,17H,5,11H2,2-3H3. The summed E-state index contributed by atoms with van der Waals surface area (Å²) in [4.78, 5) is 0. The minimum absolute atomic E-state index is 0.0716. The molecule has 0 saturated carbocycles.